The van der Waals surface area contributed by atoms with E-state index >= 15 is 0 Å². The van der Waals surface area contributed by atoms with Crippen LogP contribution in [0.1, 0.15) is 60.8 Å². The van der Waals surface area contributed by atoms with Gasteiger partial charge in [0.25, 0.3) is 0 Å². The molecule has 0 aliphatic heterocycles. The second kappa shape index (κ2) is 10.1. The van der Waals surface area contributed by atoms with E-state index in [1.807, 2.05) is 13.8 Å². The molecule has 162 valence electrons. The van der Waals surface area contributed by atoms with Crippen molar-refractivity contribution in [3.63, 3.8) is 0 Å². The highest BCUT2D eigenvalue weighted by molar-refractivity contribution is 5.75. The number of esters is 1. The summed E-state index contributed by atoms with van der Waals surface area (Å²) >= 11 is 0. The predicted octanol–water partition coefficient (Wildman–Crippen LogP) is 1.99. The maximum atomic E-state index is 12.3. The van der Waals surface area contributed by atoms with Crippen LogP contribution >= 0.6 is 0 Å². The third-order valence-electron chi connectivity index (χ3n) is 5.33. The third-order valence-corrected chi connectivity index (χ3v) is 5.33. The molecule has 0 spiro atoms. The first-order valence-corrected chi connectivity index (χ1v) is 9.97. The van der Waals surface area contributed by atoms with Crippen molar-refractivity contribution in [3.8, 4) is 0 Å². The molecule has 8 nitrogen and oxygen atoms in total. The first kappa shape index (κ1) is 24.2. The zero-order valence-electron chi connectivity index (χ0n) is 18.1. The molecule has 0 bridgehead atoms. The molecule has 5 atom stereocenters. The van der Waals surface area contributed by atoms with Gasteiger partial charge in [0.2, 0.25) is 5.91 Å². The van der Waals surface area contributed by atoms with Crippen molar-refractivity contribution in [1.82, 2.24) is 10.6 Å². The highest BCUT2D eigenvalue weighted by Gasteiger charge is 2.51. The molecule has 1 saturated carbocycles. The molecule has 0 aromatic heterocycles. The summed E-state index contributed by atoms with van der Waals surface area (Å²) in [4.78, 5) is 36.4. The quantitative estimate of drug-likeness (QED) is 0.563. The molecule has 3 N–H and O–H groups in total. The largest absolute Gasteiger partial charge is 0.469 e. The Bertz CT molecular complexity index is 555. The monoisotopic (exact) mass is 400 g/mol. The molecule has 0 heterocycles. The van der Waals surface area contributed by atoms with Gasteiger partial charge in [-0.25, -0.2) is 4.79 Å². The number of methoxy groups -OCH3 is 1. The van der Waals surface area contributed by atoms with Crippen LogP contribution in [0.2, 0.25) is 0 Å². The second-order valence-corrected chi connectivity index (χ2v) is 8.49. The average Bonchev–Trinajstić information content (AvgIpc) is 2.88. The summed E-state index contributed by atoms with van der Waals surface area (Å²) in [6, 6.07) is -0.927. The molecule has 1 aliphatic carbocycles. The van der Waals surface area contributed by atoms with Crippen LogP contribution in [0.5, 0.6) is 0 Å². The Hall–Kier alpha value is -1.83. The molecule has 1 rings (SSSR count). The molecule has 0 unspecified atom stereocenters. The Morgan fingerprint density at radius 2 is 1.75 bits per heavy atom. The van der Waals surface area contributed by atoms with Gasteiger partial charge in [-0.15, -0.1) is 0 Å². The van der Waals surface area contributed by atoms with E-state index in [0.717, 1.165) is 12.8 Å². The number of alkyl carbamates (subject to hydrolysis) is 1. The van der Waals surface area contributed by atoms with Crippen LogP contribution in [-0.4, -0.2) is 54.0 Å². The number of aliphatic hydroxyl groups excluding tert-OH is 1. The predicted molar refractivity (Wildman–Crippen MR) is 104 cm³/mol. The molecule has 0 aromatic carbocycles. The van der Waals surface area contributed by atoms with Crippen LogP contribution in [0.25, 0.3) is 0 Å². The molecular formula is C20H36N2O6. The molecule has 1 aliphatic rings. The topological polar surface area (TPSA) is 114 Å². The van der Waals surface area contributed by atoms with Crippen LogP contribution in [0.15, 0.2) is 0 Å². The number of amides is 2. The summed E-state index contributed by atoms with van der Waals surface area (Å²) in [6.45, 7) is 10.7. The zero-order valence-corrected chi connectivity index (χ0v) is 18.1. The second-order valence-electron chi connectivity index (χ2n) is 8.49. The third kappa shape index (κ3) is 6.36. The van der Waals surface area contributed by atoms with Crippen LogP contribution in [0.4, 0.5) is 4.79 Å². The minimum Gasteiger partial charge on any atom is -0.469 e. The van der Waals surface area contributed by atoms with Gasteiger partial charge < -0.3 is 25.2 Å². The van der Waals surface area contributed by atoms with Crippen LogP contribution in [-0.2, 0) is 19.1 Å². The summed E-state index contributed by atoms with van der Waals surface area (Å²) in [6.07, 6.45) is 0.115. The molecule has 0 aromatic rings. The first-order valence-electron chi connectivity index (χ1n) is 9.97. The normalized spacial score (nSPS) is 25.9. The molecule has 28 heavy (non-hydrogen) atoms. The maximum absolute atomic E-state index is 12.3. The lowest BCUT2D eigenvalue weighted by molar-refractivity contribution is -0.149. The highest BCUT2D eigenvalue weighted by atomic mass is 16.6. The van der Waals surface area contributed by atoms with E-state index in [1.54, 1.807) is 20.8 Å². The molecule has 1 fully saturated rings. The standard InChI is InChI=1S/C20H36N2O6/c1-8-12(9-2)16(21-11(3)23)15-14(22-19(26)28-20(4,5)6)10-13(17(15)24)18(25)27-7/h12-17,24H,8-10H2,1-7H3,(H,21,23)(H,22,26)/t13-,14+,15+,16-,17+/m1/s1. The van der Waals surface area contributed by atoms with E-state index in [2.05, 4.69) is 10.6 Å². The summed E-state index contributed by atoms with van der Waals surface area (Å²) in [5, 5.41) is 16.7. The Labute approximate surface area is 167 Å². The zero-order chi connectivity index (χ0) is 21.6. The fourth-order valence-electron chi connectivity index (χ4n) is 4.10. The van der Waals surface area contributed by atoms with Gasteiger partial charge in [0.1, 0.15) is 5.60 Å². The van der Waals surface area contributed by atoms with Crippen molar-refractivity contribution in [2.75, 3.05) is 7.11 Å². The van der Waals surface area contributed by atoms with Gasteiger partial charge in [0.15, 0.2) is 0 Å². The van der Waals surface area contributed by atoms with Crippen LogP contribution in [0.3, 0.4) is 0 Å². The van der Waals surface area contributed by atoms with E-state index in [0.29, 0.717) is 0 Å². The fraction of sp³-hybridized carbons (Fsp3) is 0.850. The number of carbonyl (C=O) groups excluding carboxylic acids is 3. The van der Waals surface area contributed by atoms with Gasteiger partial charge in [0, 0.05) is 24.9 Å². The van der Waals surface area contributed by atoms with Gasteiger partial charge in [-0.3, -0.25) is 9.59 Å². The Morgan fingerprint density at radius 3 is 2.18 bits per heavy atom. The van der Waals surface area contributed by atoms with Crippen molar-refractivity contribution < 1.29 is 29.0 Å². The van der Waals surface area contributed by atoms with Gasteiger partial charge in [-0.2, -0.15) is 0 Å². The fourth-order valence-corrected chi connectivity index (χ4v) is 4.10. The number of rotatable bonds is 7. The number of nitrogens with one attached hydrogen (secondary N) is 2. The van der Waals surface area contributed by atoms with Gasteiger partial charge in [-0.1, -0.05) is 26.7 Å². The summed E-state index contributed by atoms with van der Waals surface area (Å²) in [7, 11) is 1.27. The summed E-state index contributed by atoms with van der Waals surface area (Å²) in [5.41, 5.74) is -0.676. The number of hydrogen-bond donors (Lipinski definition) is 3. The van der Waals surface area contributed by atoms with Crippen molar-refractivity contribution in [1.29, 1.82) is 0 Å². The lowest BCUT2D eigenvalue weighted by atomic mass is 9.80. The van der Waals surface area contributed by atoms with Crippen LogP contribution < -0.4 is 10.6 Å². The highest BCUT2D eigenvalue weighted by Crippen LogP contribution is 2.38. The van der Waals surface area contributed by atoms with E-state index in [4.69, 9.17) is 9.47 Å². The van der Waals surface area contributed by atoms with Gasteiger partial charge >= 0.3 is 12.1 Å². The number of carbonyl (C=O) groups is 3. The molecule has 0 radical (unpaired) electrons. The van der Waals surface area contributed by atoms with E-state index in [1.165, 1.54) is 14.0 Å². The summed E-state index contributed by atoms with van der Waals surface area (Å²) < 4.78 is 10.2. The molecule has 8 heteroatoms. The maximum Gasteiger partial charge on any atom is 0.407 e. The average molecular weight is 401 g/mol. The molecule has 0 saturated heterocycles. The lowest BCUT2D eigenvalue weighted by Crippen LogP contribution is -2.54. The first-order chi connectivity index (χ1) is 12.9. The van der Waals surface area contributed by atoms with Crippen molar-refractivity contribution >= 4 is 18.0 Å². The Kier molecular flexibility index (Phi) is 8.73. The Balaban J connectivity index is 3.21. The smallest absolute Gasteiger partial charge is 0.407 e. The number of hydrogen-bond acceptors (Lipinski definition) is 6. The molecular weight excluding hydrogens is 364 g/mol. The SMILES string of the molecule is CCC(CC)[C@@H](NC(C)=O)[C@H]1[C@@H](O)[C@H](C(=O)OC)C[C@@H]1NC(=O)OC(C)(C)C. The van der Waals surface area contributed by atoms with Crippen molar-refractivity contribution in [3.05, 3.63) is 0 Å². The van der Waals surface area contributed by atoms with E-state index < -0.39 is 47.7 Å². The van der Waals surface area contributed by atoms with Gasteiger partial charge in [0.05, 0.1) is 19.1 Å². The van der Waals surface area contributed by atoms with Crippen molar-refractivity contribution in [2.45, 2.75) is 84.6 Å². The number of aliphatic hydroxyl groups is 1. The minimum atomic E-state index is -1.05. The van der Waals surface area contributed by atoms with Crippen LogP contribution in [0, 0.1) is 17.8 Å². The van der Waals surface area contributed by atoms with E-state index in [9.17, 15) is 19.5 Å². The molecule has 2 amide bonds. The minimum absolute atomic E-state index is 0.0860. The van der Waals surface area contributed by atoms with Crippen molar-refractivity contribution in [2.24, 2.45) is 17.8 Å². The number of ether oxygens (including phenoxy) is 2. The Morgan fingerprint density at radius 1 is 1.18 bits per heavy atom. The van der Waals surface area contributed by atoms with E-state index in [-0.39, 0.29) is 18.2 Å². The lowest BCUT2D eigenvalue weighted by Gasteiger charge is -2.36. The summed E-state index contributed by atoms with van der Waals surface area (Å²) in [5.74, 6) is -1.98. The van der Waals surface area contributed by atoms with Gasteiger partial charge in [-0.05, 0) is 33.1 Å².